The zero-order valence-corrected chi connectivity index (χ0v) is 16.3. The van der Waals surface area contributed by atoms with Crippen molar-refractivity contribution in [3.05, 3.63) is 47.8 Å². The van der Waals surface area contributed by atoms with Crippen molar-refractivity contribution in [2.45, 2.75) is 44.2 Å². The number of rotatable bonds is 5. The molecule has 2 aliphatic rings. The highest BCUT2D eigenvalue weighted by molar-refractivity contribution is 5.80. The Labute approximate surface area is 161 Å². The third kappa shape index (κ3) is 4.10. The standard InChI is InChI=1S/C21H29N5O/c1-22-21(26-11-10-17(15-26)18-13-24-25(2)14-18)23-12-16-6-3-4-9-20(16)27-19-7-5-8-19/h3-4,6,9,13-14,17,19H,5,7-8,10-12,15H2,1-2H3,(H,22,23). The van der Waals surface area contributed by atoms with Gasteiger partial charge in [-0.15, -0.1) is 0 Å². The van der Waals surface area contributed by atoms with Crippen molar-refractivity contribution >= 4 is 5.96 Å². The lowest BCUT2D eigenvalue weighted by atomic mass is 9.96. The van der Waals surface area contributed by atoms with Crippen molar-refractivity contribution in [2.24, 2.45) is 12.0 Å². The van der Waals surface area contributed by atoms with E-state index in [0.29, 0.717) is 12.0 Å². The average molecular weight is 367 g/mol. The Morgan fingerprint density at radius 1 is 1.30 bits per heavy atom. The van der Waals surface area contributed by atoms with E-state index in [9.17, 15) is 0 Å². The van der Waals surface area contributed by atoms with E-state index >= 15 is 0 Å². The molecule has 1 saturated carbocycles. The normalized spacial score (nSPS) is 20.6. The van der Waals surface area contributed by atoms with E-state index in [2.05, 4.69) is 44.7 Å². The monoisotopic (exact) mass is 367 g/mol. The second-order valence-corrected chi connectivity index (χ2v) is 7.56. The lowest BCUT2D eigenvalue weighted by Gasteiger charge is -2.28. The third-order valence-corrected chi connectivity index (χ3v) is 5.65. The maximum atomic E-state index is 6.15. The summed E-state index contributed by atoms with van der Waals surface area (Å²) >= 11 is 0. The molecule has 1 unspecified atom stereocenters. The SMILES string of the molecule is CN=C(NCc1ccccc1OC1CCC1)N1CCC(c2cnn(C)c2)C1. The van der Waals surface area contributed by atoms with Gasteiger partial charge in [-0.05, 0) is 37.3 Å². The topological polar surface area (TPSA) is 54.7 Å². The van der Waals surface area contributed by atoms with Gasteiger partial charge >= 0.3 is 0 Å². The molecule has 1 saturated heterocycles. The fourth-order valence-corrected chi connectivity index (χ4v) is 3.82. The van der Waals surface area contributed by atoms with E-state index in [1.807, 2.05) is 31.0 Å². The second kappa shape index (κ2) is 8.03. The molecule has 1 N–H and O–H groups in total. The van der Waals surface area contributed by atoms with Crippen LogP contribution in [0.2, 0.25) is 0 Å². The van der Waals surface area contributed by atoms with Crippen LogP contribution in [0, 0.1) is 0 Å². The molecule has 0 spiro atoms. The van der Waals surface area contributed by atoms with Crippen molar-refractivity contribution in [3.8, 4) is 5.75 Å². The summed E-state index contributed by atoms with van der Waals surface area (Å²) in [7, 11) is 3.83. The van der Waals surface area contributed by atoms with Crippen LogP contribution in [-0.4, -0.2) is 46.9 Å². The van der Waals surface area contributed by atoms with Crippen LogP contribution in [0.25, 0.3) is 0 Å². The van der Waals surface area contributed by atoms with Gasteiger partial charge in [-0.25, -0.2) is 0 Å². The Hall–Kier alpha value is -2.50. The van der Waals surface area contributed by atoms with Gasteiger partial charge in [0.05, 0.1) is 12.3 Å². The number of hydrogen-bond acceptors (Lipinski definition) is 3. The van der Waals surface area contributed by atoms with Crippen molar-refractivity contribution in [1.82, 2.24) is 20.0 Å². The van der Waals surface area contributed by atoms with Gasteiger partial charge in [0.15, 0.2) is 5.96 Å². The largest absolute Gasteiger partial charge is 0.490 e. The Morgan fingerprint density at radius 3 is 2.85 bits per heavy atom. The first-order valence-electron chi connectivity index (χ1n) is 9.91. The smallest absolute Gasteiger partial charge is 0.193 e. The molecule has 6 nitrogen and oxygen atoms in total. The number of aliphatic imine (C=N–C) groups is 1. The van der Waals surface area contributed by atoms with Crippen molar-refractivity contribution in [3.63, 3.8) is 0 Å². The molecule has 1 aromatic heterocycles. The van der Waals surface area contributed by atoms with E-state index in [1.165, 1.54) is 30.4 Å². The highest BCUT2D eigenvalue weighted by atomic mass is 16.5. The quantitative estimate of drug-likeness (QED) is 0.652. The predicted octanol–water partition coefficient (Wildman–Crippen LogP) is 2.92. The number of likely N-dealkylation sites (tertiary alicyclic amines) is 1. The average Bonchev–Trinajstić information content (AvgIpc) is 3.29. The highest BCUT2D eigenvalue weighted by Gasteiger charge is 2.27. The number of benzene rings is 1. The minimum atomic E-state index is 0.393. The zero-order valence-electron chi connectivity index (χ0n) is 16.3. The third-order valence-electron chi connectivity index (χ3n) is 5.65. The first kappa shape index (κ1) is 17.9. The summed E-state index contributed by atoms with van der Waals surface area (Å²) in [5.41, 5.74) is 2.50. The number of aryl methyl sites for hydroxylation is 1. The fourth-order valence-electron chi connectivity index (χ4n) is 3.82. The molecule has 0 radical (unpaired) electrons. The molecule has 6 heteroatoms. The Balaban J connectivity index is 1.36. The molecule has 0 bridgehead atoms. The summed E-state index contributed by atoms with van der Waals surface area (Å²) < 4.78 is 8.03. The maximum Gasteiger partial charge on any atom is 0.193 e. The summed E-state index contributed by atoms with van der Waals surface area (Å²) in [6.07, 6.45) is 9.26. The van der Waals surface area contributed by atoms with E-state index in [1.54, 1.807) is 0 Å². The number of ether oxygens (including phenoxy) is 1. The summed E-state index contributed by atoms with van der Waals surface area (Å²) in [6.45, 7) is 2.72. The van der Waals surface area contributed by atoms with Crippen LogP contribution in [0.4, 0.5) is 0 Å². The van der Waals surface area contributed by atoms with E-state index < -0.39 is 0 Å². The minimum absolute atomic E-state index is 0.393. The Morgan fingerprint density at radius 2 is 2.15 bits per heavy atom. The van der Waals surface area contributed by atoms with Crippen LogP contribution in [0.1, 0.15) is 42.7 Å². The molecular formula is C21H29N5O. The molecule has 144 valence electrons. The molecule has 2 aromatic rings. The predicted molar refractivity (Wildman–Crippen MR) is 107 cm³/mol. The first-order valence-corrected chi connectivity index (χ1v) is 9.91. The van der Waals surface area contributed by atoms with Crippen molar-refractivity contribution in [2.75, 3.05) is 20.1 Å². The fraction of sp³-hybridized carbons (Fsp3) is 0.524. The van der Waals surface area contributed by atoms with Crippen LogP contribution in [0.3, 0.4) is 0 Å². The summed E-state index contributed by atoms with van der Waals surface area (Å²) in [5.74, 6) is 2.48. The first-order chi connectivity index (χ1) is 13.2. The van der Waals surface area contributed by atoms with Gasteiger partial charge in [-0.2, -0.15) is 5.10 Å². The van der Waals surface area contributed by atoms with E-state index in [0.717, 1.165) is 37.8 Å². The molecule has 2 fully saturated rings. The zero-order chi connectivity index (χ0) is 18.6. The molecule has 0 amide bonds. The van der Waals surface area contributed by atoms with E-state index in [-0.39, 0.29) is 0 Å². The summed E-state index contributed by atoms with van der Waals surface area (Å²) in [5, 5.41) is 7.84. The number of nitrogens with zero attached hydrogens (tertiary/aromatic N) is 4. The second-order valence-electron chi connectivity index (χ2n) is 7.56. The molecule has 27 heavy (non-hydrogen) atoms. The summed E-state index contributed by atoms with van der Waals surface area (Å²) in [6, 6.07) is 8.33. The molecule has 1 atom stereocenters. The Bertz CT molecular complexity index is 795. The molecule has 1 aliphatic carbocycles. The van der Waals surface area contributed by atoms with Crippen LogP contribution >= 0.6 is 0 Å². The van der Waals surface area contributed by atoms with Gasteiger partial charge in [-0.1, -0.05) is 18.2 Å². The van der Waals surface area contributed by atoms with Gasteiger partial charge in [-0.3, -0.25) is 9.67 Å². The highest BCUT2D eigenvalue weighted by Crippen LogP contribution is 2.28. The van der Waals surface area contributed by atoms with E-state index in [4.69, 9.17) is 4.74 Å². The molecular weight excluding hydrogens is 338 g/mol. The van der Waals surface area contributed by atoms with Crippen LogP contribution in [-0.2, 0) is 13.6 Å². The van der Waals surface area contributed by atoms with Gasteiger partial charge in [0.25, 0.3) is 0 Å². The lowest BCUT2D eigenvalue weighted by Crippen LogP contribution is -2.39. The molecule has 1 aromatic carbocycles. The molecule has 1 aliphatic heterocycles. The van der Waals surface area contributed by atoms with Crippen LogP contribution in [0.5, 0.6) is 5.75 Å². The van der Waals surface area contributed by atoms with Crippen molar-refractivity contribution in [1.29, 1.82) is 0 Å². The van der Waals surface area contributed by atoms with Gasteiger partial charge in [0.1, 0.15) is 5.75 Å². The number of hydrogen-bond donors (Lipinski definition) is 1. The number of aromatic nitrogens is 2. The number of nitrogens with one attached hydrogen (secondary N) is 1. The minimum Gasteiger partial charge on any atom is -0.490 e. The van der Waals surface area contributed by atoms with Gasteiger partial charge in [0.2, 0.25) is 0 Å². The Kier molecular flexibility index (Phi) is 5.32. The number of para-hydroxylation sites is 1. The van der Waals surface area contributed by atoms with Crippen LogP contribution < -0.4 is 10.1 Å². The van der Waals surface area contributed by atoms with Gasteiger partial charge < -0.3 is 15.0 Å². The van der Waals surface area contributed by atoms with Crippen LogP contribution in [0.15, 0.2) is 41.7 Å². The molecule has 4 rings (SSSR count). The number of guanidine groups is 1. The van der Waals surface area contributed by atoms with Crippen molar-refractivity contribution < 1.29 is 4.74 Å². The molecule has 2 heterocycles. The van der Waals surface area contributed by atoms with Gasteiger partial charge in [0, 0.05) is 51.4 Å². The summed E-state index contributed by atoms with van der Waals surface area (Å²) in [4.78, 5) is 6.85. The maximum absolute atomic E-state index is 6.15. The lowest BCUT2D eigenvalue weighted by molar-refractivity contribution is 0.119.